The van der Waals surface area contributed by atoms with Crippen LogP contribution in [0.15, 0.2) is 91.1 Å². The number of carbonyl (C=O) groups excluding carboxylic acids is 6. The van der Waals surface area contributed by atoms with Gasteiger partial charge in [0, 0.05) is 43.0 Å². The molecule has 1 aliphatic rings. The van der Waals surface area contributed by atoms with Crippen molar-refractivity contribution in [3.05, 3.63) is 108 Å². The molecule has 0 aliphatic heterocycles. The molecule has 1 aromatic heterocycles. The molecule has 0 radical (unpaired) electrons. The van der Waals surface area contributed by atoms with Crippen molar-refractivity contribution >= 4 is 52.4 Å². The largest absolute Gasteiger partial charge is 0.370 e. The molecule has 0 spiro atoms. The van der Waals surface area contributed by atoms with Crippen LogP contribution in [0.2, 0.25) is 0 Å². The third-order valence-electron chi connectivity index (χ3n) is 11.4. The maximum absolute atomic E-state index is 14.7. The molecule has 5 rings (SSSR count). The zero-order valence-electron chi connectivity index (χ0n) is 35.8. The van der Waals surface area contributed by atoms with Crippen molar-refractivity contribution < 1.29 is 28.8 Å². The Bertz CT molecular complexity index is 2170. The van der Waals surface area contributed by atoms with Crippen molar-refractivity contribution in [2.75, 3.05) is 19.6 Å². The van der Waals surface area contributed by atoms with Gasteiger partial charge in [0.1, 0.15) is 23.7 Å². The lowest BCUT2D eigenvalue weighted by molar-refractivity contribution is -0.135. The Hall–Kier alpha value is -6.91. The average molecular weight is 864 g/mol. The number of H-pyrrole nitrogens is 1. The maximum Gasteiger partial charge on any atom is 0.315 e. The topological polar surface area (TPSA) is 278 Å². The first-order valence-corrected chi connectivity index (χ1v) is 21.6. The second-order valence-electron chi connectivity index (χ2n) is 16.1. The van der Waals surface area contributed by atoms with Crippen molar-refractivity contribution in [2.45, 2.75) is 101 Å². The second kappa shape index (κ2) is 23.3. The van der Waals surface area contributed by atoms with Crippen molar-refractivity contribution in [2.24, 2.45) is 11.5 Å². The molecular formula is C46H61N11O6. The highest BCUT2D eigenvalue weighted by Gasteiger charge is 2.45. The van der Waals surface area contributed by atoms with Gasteiger partial charge >= 0.3 is 6.03 Å². The molecule has 1 fully saturated rings. The zero-order chi connectivity index (χ0) is 45.2. The molecule has 63 heavy (non-hydrogen) atoms. The van der Waals surface area contributed by atoms with Gasteiger partial charge in [0.2, 0.25) is 29.5 Å². The first-order valence-electron chi connectivity index (χ1n) is 21.6. The van der Waals surface area contributed by atoms with Gasteiger partial charge in [-0.25, -0.2) is 4.79 Å². The Morgan fingerprint density at radius 3 is 2.03 bits per heavy atom. The Balaban J connectivity index is 1.41. The molecule has 7 amide bonds. The minimum atomic E-state index is -1.33. The number of carbonyl (C=O) groups is 6. The monoisotopic (exact) mass is 863 g/mol. The maximum atomic E-state index is 14.7. The van der Waals surface area contributed by atoms with Crippen LogP contribution in [0.4, 0.5) is 4.79 Å². The van der Waals surface area contributed by atoms with Gasteiger partial charge in [-0.15, -0.1) is 0 Å². The van der Waals surface area contributed by atoms with Gasteiger partial charge in [0.25, 0.3) is 0 Å². The number of aromatic amines is 1. The van der Waals surface area contributed by atoms with Crippen LogP contribution in [0.5, 0.6) is 0 Å². The molecule has 1 heterocycles. The summed E-state index contributed by atoms with van der Waals surface area (Å²) in [6.45, 7) is 2.20. The molecule has 0 unspecified atom stereocenters. The van der Waals surface area contributed by atoms with Crippen LogP contribution in [0, 0.1) is 5.41 Å². The molecule has 17 heteroatoms. The number of benzene rings is 3. The highest BCUT2D eigenvalue weighted by molar-refractivity contribution is 5.97. The summed E-state index contributed by atoms with van der Waals surface area (Å²) < 4.78 is 0. The lowest BCUT2D eigenvalue weighted by Crippen LogP contribution is -2.65. The van der Waals surface area contributed by atoms with E-state index in [9.17, 15) is 28.8 Å². The van der Waals surface area contributed by atoms with Crippen LogP contribution < -0.4 is 48.7 Å². The summed E-state index contributed by atoms with van der Waals surface area (Å²) in [7, 11) is 0. The minimum Gasteiger partial charge on any atom is -0.370 e. The van der Waals surface area contributed by atoms with Crippen molar-refractivity contribution in [1.82, 2.24) is 42.2 Å². The van der Waals surface area contributed by atoms with E-state index in [0.717, 1.165) is 40.4 Å². The summed E-state index contributed by atoms with van der Waals surface area (Å²) in [5.74, 6) is -3.41. The fraction of sp³-hybridized carbons (Fsp3) is 0.413. The fourth-order valence-electron chi connectivity index (χ4n) is 7.94. The molecule has 17 nitrogen and oxygen atoms in total. The number of rotatable bonds is 22. The van der Waals surface area contributed by atoms with Gasteiger partial charge < -0.3 is 53.7 Å². The third-order valence-corrected chi connectivity index (χ3v) is 11.4. The number of amides is 7. The van der Waals surface area contributed by atoms with E-state index in [-0.39, 0.29) is 44.1 Å². The van der Waals surface area contributed by atoms with E-state index < -0.39 is 65.8 Å². The number of primary amides is 1. The van der Waals surface area contributed by atoms with Gasteiger partial charge in [0.15, 0.2) is 5.96 Å². The predicted molar refractivity (Wildman–Crippen MR) is 241 cm³/mol. The van der Waals surface area contributed by atoms with Gasteiger partial charge in [-0.2, -0.15) is 0 Å². The smallest absolute Gasteiger partial charge is 0.315 e. The molecule has 4 aromatic rings. The summed E-state index contributed by atoms with van der Waals surface area (Å²) in [5.41, 5.74) is 12.9. The molecule has 0 bridgehead atoms. The van der Waals surface area contributed by atoms with Gasteiger partial charge in [0.05, 0.1) is 6.54 Å². The van der Waals surface area contributed by atoms with Crippen LogP contribution >= 0.6 is 0 Å². The first-order chi connectivity index (χ1) is 30.4. The summed E-state index contributed by atoms with van der Waals surface area (Å²) in [6, 6.07) is 22.5. The van der Waals surface area contributed by atoms with Crippen molar-refractivity contribution in [3.8, 4) is 0 Å². The number of hydrogen-bond acceptors (Lipinski definition) is 7. The van der Waals surface area contributed by atoms with Crippen LogP contribution in [-0.2, 0) is 36.8 Å². The number of aromatic nitrogens is 1. The Labute approximate surface area is 367 Å². The van der Waals surface area contributed by atoms with E-state index in [0.29, 0.717) is 32.2 Å². The molecular weight excluding hydrogens is 803 g/mol. The number of fused-ring (bicyclic) bond motifs is 1. The van der Waals surface area contributed by atoms with Gasteiger partial charge in [-0.3, -0.25) is 29.4 Å². The van der Waals surface area contributed by atoms with Crippen LogP contribution in [0.1, 0.15) is 80.9 Å². The van der Waals surface area contributed by atoms with Crippen molar-refractivity contribution in [3.63, 3.8) is 0 Å². The van der Waals surface area contributed by atoms with Gasteiger partial charge in [-0.1, -0.05) is 92.2 Å². The van der Waals surface area contributed by atoms with Gasteiger partial charge in [-0.05, 0) is 73.6 Å². The number of guanidine groups is 1. The Morgan fingerprint density at radius 1 is 0.730 bits per heavy atom. The first kappa shape index (κ1) is 47.1. The SMILES string of the molecule is CCCCNC(=O)N[C@]1(C(=O)N[C@H](Cc2ccccc2)C(=O)N[C@@H](CCCNC(=N)N)C(=O)N[C@@H](Cc2c[nH]c3ccccc23)C(=O)NCC(N)=O)CC[C@H](c2ccccc2)CC1. The number of nitrogens with two attached hydrogens (primary N) is 2. The number of para-hydroxylation sites is 1. The quantitative estimate of drug-likeness (QED) is 0.0317. The highest BCUT2D eigenvalue weighted by atomic mass is 16.2. The third kappa shape index (κ3) is 14.1. The molecule has 1 saturated carbocycles. The molecule has 3 atom stereocenters. The van der Waals surface area contributed by atoms with E-state index in [1.165, 1.54) is 0 Å². The standard InChI is InChI=1S/C46H61N11O6/c1-2-3-24-51-45(63)57-46(22-20-32(21-23-46)31-15-8-5-9-16-31)43(62)56-37(26-30-13-6-4-7-14-30)42(61)54-36(19-12-25-50-44(48)49)41(60)55-38(40(59)53-29-39(47)58)27-33-28-52-35-18-11-10-17-34(33)35/h4-11,13-18,28,32,36-38,52H,2-3,12,19-27,29H2,1H3,(H2,47,58)(H,53,59)(H,54,61)(H,55,60)(H,56,62)(H4,48,49,50)(H2,51,57,63)/t32-,36-,37+,38-,46+/m0/s1. The predicted octanol–water partition coefficient (Wildman–Crippen LogP) is 2.47. The Morgan fingerprint density at radius 2 is 1.35 bits per heavy atom. The lowest BCUT2D eigenvalue weighted by atomic mass is 9.73. The number of nitrogens with one attached hydrogen (secondary N) is 9. The molecule has 0 saturated heterocycles. The number of hydrogen-bond donors (Lipinski definition) is 11. The van der Waals surface area contributed by atoms with E-state index in [2.05, 4.69) is 54.3 Å². The Kier molecular flexibility index (Phi) is 17.5. The normalized spacial score (nSPS) is 17.3. The molecule has 336 valence electrons. The highest BCUT2D eigenvalue weighted by Crippen LogP contribution is 2.38. The van der Waals surface area contributed by atoms with Crippen LogP contribution in [0.25, 0.3) is 10.9 Å². The van der Waals surface area contributed by atoms with E-state index in [1.807, 2.05) is 79.7 Å². The number of urea groups is 1. The molecule has 13 N–H and O–H groups in total. The minimum absolute atomic E-state index is 0.0336. The summed E-state index contributed by atoms with van der Waals surface area (Å²) in [4.78, 5) is 85.1. The van der Waals surface area contributed by atoms with Crippen LogP contribution in [0.3, 0.4) is 0 Å². The molecule has 3 aromatic carbocycles. The summed E-state index contributed by atoms with van der Waals surface area (Å²) in [6.07, 6.45) is 5.68. The molecule has 1 aliphatic carbocycles. The van der Waals surface area contributed by atoms with E-state index in [1.54, 1.807) is 6.20 Å². The fourth-order valence-corrected chi connectivity index (χ4v) is 7.94. The second-order valence-corrected chi connectivity index (χ2v) is 16.1. The summed E-state index contributed by atoms with van der Waals surface area (Å²) in [5, 5.41) is 28.0. The van der Waals surface area contributed by atoms with E-state index in [4.69, 9.17) is 16.9 Å². The summed E-state index contributed by atoms with van der Waals surface area (Å²) >= 11 is 0. The number of unbranched alkanes of at least 4 members (excludes halogenated alkanes) is 1. The van der Waals surface area contributed by atoms with Crippen molar-refractivity contribution in [1.29, 1.82) is 5.41 Å². The zero-order valence-corrected chi connectivity index (χ0v) is 35.8. The van der Waals surface area contributed by atoms with E-state index >= 15 is 0 Å². The average Bonchev–Trinajstić information content (AvgIpc) is 3.69. The lowest BCUT2D eigenvalue weighted by Gasteiger charge is -2.40. The van der Waals surface area contributed by atoms with Crippen LogP contribution in [-0.4, -0.2) is 89.8 Å².